The average Bonchev–Trinajstić information content (AvgIpc) is 2.96. The van der Waals surface area contributed by atoms with Crippen molar-refractivity contribution in [1.82, 2.24) is 19.8 Å². The van der Waals surface area contributed by atoms with E-state index in [4.69, 9.17) is 4.74 Å². The summed E-state index contributed by atoms with van der Waals surface area (Å²) in [5.74, 6) is -0.892. The Morgan fingerprint density at radius 2 is 1.72 bits per heavy atom. The topological polar surface area (TPSA) is 92.7 Å². The lowest BCUT2D eigenvalue weighted by Crippen LogP contribution is -2.56. The molecule has 0 spiro atoms. The number of aryl methyl sites for hydroxylation is 1. The molecule has 1 saturated heterocycles. The van der Waals surface area contributed by atoms with Crippen LogP contribution in [-0.2, 0) is 9.53 Å². The van der Waals surface area contributed by atoms with Crippen LogP contribution in [0.5, 0.6) is 0 Å². The van der Waals surface area contributed by atoms with Gasteiger partial charge in [-0.1, -0.05) is 80.2 Å². The van der Waals surface area contributed by atoms with E-state index in [9.17, 15) is 14.4 Å². The fourth-order valence-corrected chi connectivity index (χ4v) is 4.95. The van der Waals surface area contributed by atoms with Crippen LogP contribution < -0.4 is 0 Å². The Hall–Kier alpha value is -4.33. The molecule has 2 heterocycles. The number of rotatable bonds is 8. The normalized spacial score (nSPS) is 15.9. The lowest BCUT2D eigenvalue weighted by Gasteiger charge is -2.41. The van der Waals surface area contributed by atoms with E-state index in [0.717, 1.165) is 11.1 Å². The van der Waals surface area contributed by atoms with Crippen LogP contribution in [0, 0.1) is 6.92 Å². The highest BCUT2D eigenvalue weighted by Gasteiger charge is 2.36. The Morgan fingerprint density at radius 1 is 1.05 bits per heavy atom. The highest BCUT2D eigenvalue weighted by Crippen LogP contribution is 2.26. The van der Waals surface area contributed by atoms with Gasteiger partial charge in [-0.2, -0.15) is 0 Å². The highest BCUT2D eigenvalue weighted by atomic mass is 16.5. The minimum atomic E-state index is -0.675. The summed E-state index contributed by atoms with van der Waals surface area (Å²) in [6.07, 6.45) is 2.15. The van der Waals surface area contributed by atoms with Crippen LogP contribution in [0.3, 0.4) is 0 Å². The summed E-state index contributed by atoms with van der Waals surface area (Å²) in [6.45, 7) is 10.2. The maximum absolute atomic E-state index is 13.9. The van der Waals surface area contributed by atoms with Crippen molar-refractivity contribution in [3.05, 3.63) is 95.8 Å². The zero-order valence-corrected chi connectivity index (χ0v) is 22.7. The molecule has 1 aliphatic rings. The van der Waals surface area contributed by atoms with Crippen molar-refractivity contribution in [3.8, 4) is 11.4 Å². The second-order valence-corrected chi connectivity index (χ2v) is 9.61. The van der Waals surface area contributed by atoms with Crippen molar-refractivity contribution in [3.63, 3.8) is 0 Å². The maximum atomic E-state index is 13.9. The summed E-state index contributed by atoms with van der Waals surface area (Å²) >= 11 is 0. The van der Waals surface area contributed by atoms with Gasteiger partial charge in [0.1, 0.15) is 17.9 Å². The predicted octanol–water partition coefficient (Wildman–Crippen LogP) is 4.66. The second kappa shape index (κ2) is 12.5. The van der Waals surface area contributed by atoms with Gasteiger partial charge in [0.15, 0.2) is 5.82 Å². The minimum Gasteiger partial charge on any atom is -0.458 e. The van der Waals surface area contributed by atoms with E-state index < -0.39 is 11.9 Å². The lowest BCUT2D eigenvalue weighted by molar-refractivity contribution is -0.137. The van der Waals surface area contributed by atoms with Crippen LogP contribution in [0.15, 0.2) is 73.3 Å². The molecule has 2 unspecified atom stereocenters. The molecule has 4 rings (SSSR count). The SMILES string of the molecule is C=CCOC(=O)c1c(C)nc(-c2ccccc2)nc1C(=O)N1CCN(C(=O)C(CC)c2ccccc2)C(C)C1. The molecule has 8 heteroatoms. The van der Waals surface area contributed by atoms with Gasteiger partial charge in [0.25, 0.3) is 5.91 Å². The molecule has 0 aliphatic carbocycles. The minimum absolute atomic E-state index is 0.00175. The van der Waals surface area contributed by atoms with Crippen LogP contribution in [0.1, 0.15) is 58.3 Å². The third-order valence-corrected chi connectivity index (χ3v) is 6.97. The number of piperazine rings is 1. The molecule has 1 aliphatic heterocycles. The number of hydrogen-bond donors (Lipinski definition) is 0. The Bertz CT molecular complexity index is 1340. The zero-order valence-electron chi connectivity index (χ0n) is 22.7. The molecule has 2 aromatic carbocycles. The van der Waals surface area contributed by atoms with Crippen LogP contribution in [0.2, 0.25) is 0 Å². The van der Waals surface area contributed by atoms with Crippen LogP contribution in [0.4, 0.5) is 0 Å². The Kier molecular flexibility index (Phi) is 8.86. The monoisotopic (exact) mass is 526 g/mol. The first-order chi connectivity index (χ1) is 18.8. The van der Waals surface area contributed by atoms with Crippen LogP contribution in [0.25, 0.3) is 11.4 Å². The van der Waals surface area contributed by atoms with E-state index >= 15 is 0 Å². The molecule has 0 saturated carbocycles. The number of benzene rings is 2. The molecule has 0 radical (unpaired) electrons. The summed E-state index contributed by atoms with van der Waals surface area (Å²) in [5.41, 5.74) is 2.12. The highest BCUT2D eigenvalue weighted by molar-refractivity contribution is 6.05. The van der Waals surface area contributed by atoms with Gasteiger partial charge in [0.2, 0.25) is 5.91 Å². The van der Waals surface area contributed by atoms with Crippen molar-refractivity contribution >= 4 is 17.8 Å². The summed E-state index contributed by atoms with van der Waals surface area (Å²) < 4.78 is 5.27. The lowest BCUT2D eigenvalue weighted by atomic mass is 9.94. The number of carbonyl (C=O) groups excluding carboxylic acids is 3. The third-order valence-electron chi connectivity index (χ3n) is 6.97. The van der Waals surface area contributed by atoms with Gasteiger partial charge in [-0.05, 0) is 25.8 Å². The molecule has 1 fully saturated rings. The zero-order chi connectivity index (χ0) is 27.9. The molecular formula is C31H34N4O4. The van der Waals surface area contributed by atoms with Gasteiger partial charge in [-0.25, -0.2) is 14.8 Å². The molecule has 2 amide bonds. The summed E-state index contributed by atoms with van der Waals surface area (Å²) in [5, 5.41) is 0. The first-order valence-corrected chi connectivity index (χ1v) is 13.2. The van der Waals surface area contributed by atoms with E-state index in [0.29, 0.717) is 37.6 Å². The smallest absolute Gasteiger partial charge is 0.342 e. The molecule has 2 atom stereocenters. The van der Waals surface area contributed by atoms with Gasteiger partial charge < -0.3 is 14.5 Å². The van der Waals surface area contributed by atoms with Crippen LogP contribution >= 0.6 is 0 Å². The van der Waals surface area contributed by atoms with Crippen molar-refractivity contribution in [2.75, 3.05) is 26.2 Å². The number of hydrogen-bond acceptors (Lipinski definition) is 6. The van der Waals surface area contributed by atoms with E-state index in [1.165, 1.54) is 6.08 Å². The molecule has 1 aromatic heterocycles. The number of amides is 2. The number of nitrogens with zero attached hydrogens (tertiary/aromatic N) is 4. The number of carbonyl (C=O) groups is 3. The van der Waals surface area contributed by atoms with E-state index in [-0.39, 0.29) is 35.7 Å². The maximum Gasteiger partial charge on any atom is 0.342 e. The van der Waals surface area contributed by atoms with Gasteiger partial charge >= 0.3 is 5.97 Å². The predicted molar refractivity (Wildman–Crippen MR) is 149 cm³/mol. The Labute approximate surface area is 229 Å². The summed E-state index contributed by atoms with van der Waals surface area (Å²) in [6, 6.07) is 18.9. The van der Waals surface area contributed by atoms with Gasteiger partial charge in [-0.15, -0.1) is 0 Å². The summed E-state index contributed by atoms with van der Waals surface area (Å²) in [7, 11) is 0. The standard InChI is InChI=1S/C31H34N4O4/c1-5-19-39-31(38)26-22(4)32-28(24-15-11-8-12-16-24)33-27(26)30(37)34-17-18-35(21(3)20-34)29(36)25(6-2)23-13-9-7-10-14-23/h5,7-16,21,25H,1,6,17-20H2,2-4H3. The average molecular weight is 527 g/mol. The van der Waals surface area contributed by atoms with Crippen LogP contribution in [-0.4, -0.2) is 69.8 Å². The first kappa shape index (κ1) is 27.7. The summed E-state index contributed by atoms with van der Waals surface area (Å²) in [4.78, 5) is 52.9. The van der Waals surface area contributed by atoms with Gasteiger partial charge in [0, 0.05) is 31.2 Å². The largest absolute Gasteiger partial charge is 0.458 e. The van der Waals surface area contributed by atoms with Crippen molar-refractivity contribution in [1.29, 1.82) is 0 Å². The van der Waals surface area contributed by atoms with Crippen molar-refractivity contribution in [2.45, 2.75) is 39.2 Å². The van der Waals surface area contributed by atoms with Gasteiger partial charge in [0.05, 0.1) is 11.6 Å². The van der Waals surface area contributed by atoms with Gasteiger partial charge in [-0.3, -0.25) is 9.59 Å². The number of ether oxygens (including phenoxy) is 1. The third kappa shape index (κ3) is 6.06. The quantitative estimate of drug-likeness (QED) is 0.313. The molecule has 202 valence electrons. The molecule has 39 heavy (non-hydrogen) atoms. The van der Waals surface area contributed by atoms with Crippen molar-refractivity contribution < 1.29 is 19.1 Å². The number of esters is 1. The Balaban J connectivity index is 1.61. The molecule has 3 aromatic rings. The second-order valence-electron chi connectivity index (χ2n) is 9.61. The molecule has 0 N–H and O–H groups in total. The van der Waals surface area contributed by atoms with E-state index in [1.54, 1.807) is 11.8 Å². The van der Waals surface area contributed by atoms with Crippen molar-refractivity contribution in [2.24, 2.45) is 0 Å². The van der Waals surface area contributed by atoms with E-state index in [1.807, 2.05) is 79.4 Å². The molecule has 8 nitrogen and oxygen atoms in total. The first-order valence-electron chi connectivity index (χ1n) is 13.2. The number of aromatic nitrogens is 2. The fourth-order valence-electron chi connectivity index (χ4n) is 4.95. The fraction of sp³-hybridized carbons (Fsp3) is 0.323. The Morgan fingerprint density at radius 3 is 2.33 bits per heavy atom. The van der Waals surface area contributed by atoms with E-state index in [2.05, 4.69) is 16.5 Å². The molecular weight excluding hydrogens is 492 g/mol. The molecule has 0 bridgehead atoms.